The van der Waals surface area contributed by atoms with E-state index in [2.05, 4.69) is 5.32 Å². The van der Waals surface area contributed by atoms with Crippen molar-refractivity contribution in [3.05, 3.63) is 16.5 Å². The summed E-state index contributed by atoms with van der Waals surface area (Å²) in [5.74, 6) is 0.291. The second kappa shape index (κ2) is 2.90. The fourth-order valence-electron chi connectivity index (χ4n) is 1.44. The van der Waals surface area contributed by atoms with Crippen LogP contribution in [0, 0.1) is 6.92 Å². The van der Waals surface area contributed by atoms with Crippen LogP contribution < -0.4 is 5.32 Å². The first-order chi connectivity index (χ1) is 5.77. The van der Waals surface area contributed by atoms with Gasteiger partial charge in [0, 0.05) is 17.8 Å². The summed E-state index contributed by atoms with van der Waals surface area (Å²) in [4.78, 5) is 12.7. The average molecular weight is 181 g/mol. The van der Waals surface area contributed by atoms with Crippen LogP contribution >= 0.6 is 11.3 Å². The maximum absolute atomic E-state index is 11.5. The van der Waals surface area contributed by atoms with Crippen molar-refractivity contribution in [1.29, 1.82) is 0 Å². The van der Waals surface area contributed by atoms with Gasteiger partial charge in [0.15, 0.2) is 5.78 Å². The van der Waals surface area contributed by atoms with Crippen molar-refractivity contribution in [2.24, 2.45) is 0 Å². The van der Waals surface area contributed by atoms with E-state index in [1.165, 1.54) is 4.88 Å². The number of hydrogen-bond donors (Lipinski definition) is 1. The SMILES string of the molecule is Cc1cc2c(s1)NCCCC2=O. The molecule has 0 bridgehead atoms. The Hall–Kier alpha value is -0.830. The Balaban J connectivity index is 2.44. The molecule has 1 aromatic heterocycles. The minimum Gasteiger partial charge on any atom is -0.376 e. The zero-order valence-electron chi connectivity index (χ0n) is 7.02. The van der Waals surface area contributed by atoms with Crippen LogP contribution in [0.15, 0.2) is 6.07 Å². The van der Waals surface area contributed by atoms with Gasteiger partial charge in [0.25, 0.3) is 0 Å². The molecule has 0 fully saturated rings. The molecule has 0 saturated heterocycles. The van der Waals surface area contributed by atoms with Gasteiger partial charge in [0.1, 0.15) is 0 Å². The molecule has 0 amide bonds. The van der Waals surface area contributed by atoms with E-state index in [1.54, 1.807) is 11.3 Å². The first-order valence-corrected chi connectivity index (χ1v) is 4.96. The third-order valence-corrected chi connectivity index (χ3v) is 3.03. The summed E-state index contributed by atoms with van der Waals surface area (Å²) in [5.41, 5.74) is 0.898. The average Bonchev–Trinajstić information content (AvgIpc) is 2.33. The second-order valence-electron chi connectivity index (χ2n) is 3.05. The highest BCUT2D eigenvalue weighted by Gasteiger charge is 2.16. The highest BCUT2D eigenvalue weighted by molar-refractivity contribution is 7.16. The van der Waals surface area contributed by atoms with Gasteiger partial charge in [0.05, 0.1) is 10.6 Å². The number of Topliss-reactive ketones (excluding diaryl/α,β-unsaturated/α-hetero) is 1. The number of ketones is 1. The lowest BCUT2D eigenvalue weighted by Crippen LogP contribution is -1.96. The smallest absolute Gasteiger partial charge is 0.165 e. The van der Waals surface area contributed by atoms with E-state index in [9.17, 15) is 4.79 Å². The Kier molecular flexibility index (Phi) is 1.89. The quantitative estimate of drug-likeness (QED) is 0.666. The van der Waals surface area contributed by atoms with Crippen LogP contribution in [0.3, 0.4) is 0 Å². The van der Waals surface area contributed by atoms with Gasteiger partial charge >= 0.3 is 0 Å². The molecule has 0 saturated carbocycles. The molecule has 3 heteroatoms. The molecule has 0 radical (unpaired) electrons. The zero-order chi connectivity index (χ0) is 8.55. The van der Waals surface area contributed by atoms with Crippen molar-refractivity contribution >= 4 is 22.1 Å². The van der Waals surface area contributed by atoms with Crippen LogP contribution in [0.1, 0.15) is 28.1 Å². The van der Waals surface area contributed by atoms with E-state index in [0.29, 0.717) is 12.2 Å². The van der Waals surface area contributed by atoms with Crippen molar-refractivity contribution in [2.75, 3.05) is 11.9 Å². The number of nitrogens with one attached hydrogen (secondary N) is 1. The summed E-state index contributed by atoms with van der Waals surface area (Å²) >= 11 is 1.68. The number of fused-ring (bicyclic) bond motifs is 1. The molecule has 0 aliphatic carbocycles. The molecule has 0 unspecified atom stereocenters. The molecule has 1 aromatic rings. The van der Waals surface area contributed by atoms with Crippen molar-refractivity contribution < 1.29 is 4.79 Å². The molecule has 1 aliphatic heterocycles. The molecule has 64 valence electrons. The Labute approximate surface area is 75.6 Å². The van der Waals surface area contributed by atoms with E-state index in [0.717, 1.165) is 23.5 Å². The lowest BCUT2D eigenvalue weighted by atomic mass is 10.1. The third kappa shape index (κ3) is 1.25. The minimum atomic E-state index is 0.291. The largest absolute Gasteiger partial charge is 0.376 e. The topological polar surface area (TPSA) is 29.1 Å². The number of thiophene rings is 1. The highest BCUT2D eigenvalue weighted by atomic mass is 32.1. The monoisotopic (exact) mass is 181 g/mol. The summed E-state index contributed by atoms with van der Waals surface area (Å²) in [6, 6.07) is 1.99. The van der Waals surface area contributed by atoms with Crippen LogP contribution in [-0.2, 0) is 0 Å². The predicted molar refractivity (Wildman–Crippen MR) is 51.1 cm³/mol. The predicted octanol–water partition coefficient (Wildman–Crippen LogP) is 2.44. The Morgan fingerprint density at radius 1 is 1.58 bits per heavy atom. The number of aryl methyl sites for hydroxylation is 1. The number of carbonyl (C=O) groups is 1. The number of anilines is 1. The van der Waals surface area contributed by atoms with E-state index in [1.807, 2.05) is 13.0 Å². The van der Waals surface area contributed by atoms with Crippen LogP contribution in [-0.4, -0.2) is 12.3 Å². The van der Waals surface area contributed by atoms with Gasteiger partial charge in [-0.1, -0.05) is 0 Å². The maximum Gasteiger partial charge on any atom is 0.165 e. The molecule has 1 aliphatic rings. The van der Waals surface area contributed by atoms with Crippen LogP contribution in [0.4, 0.5) is 5.00 Å². The normalized spacial score (nSPS) is 16.6. The number of carbonyl (C=O) groups excluding carboxylic acids is 1. The standard InChI is InChI=1S/C9H11NOS/c1-6-5-7-8(11)3-2-4-10-9(7)12-6/h5,10H,2-4H2,1H3. The van der Waals surface area contributed by atoms with Crippen molar-refractivity contribution in [1.82, 2.24) is 0 Å². The van der Waals surface area contributed by atoms with Crippen LogP contribution in [0.2, 0.25) is 0 Å². The van der Waals surface area contributed by atoms with Crippen LogP contribution in [0.5, 0.6) is 0 Å². The molecule has 0 atom stereocenters. The van der Waals surface area contributed by atoms with Crippen molar-refractivity contribution in [3.63, 3.8) is 0 Å². The van der Waals surface area contributed by atoms with E-state index in [-0.39, 0.29) is 0 Å². The highest BCUT2D eigenvalue weighted by Crippen LogP contribution is 2.30. The summed E-state index contributed by atoms with van der Waals surface area (Å²) in [7, 11) is 0. The summed E-state index contributed by atoms with van der Waals surface area (Å²) in [6.07, 6.45) is 1.65. The Morgan fingerprint density at radius 3 is 3.25 bits per heavy atom. The number of rotatable bonds is 0. The van der Waals surface area contributed by atoms with Crippen molar-refractivity contribution in [2.45, 2.75) is 19.8 Å². The molecule has 0 aromatic carbocycles. The van der Waals surface area contributed by atoms with E-state index >= 15 is 0 Å². The van der Waals surface area contributed by atoms with Crippen molar-refractivity contribution in [3.8, 4) is 0 Å². The fourth-order valence-corrected chi connectivity index (χ4v) is 2.39. The number of hydrogen-bond acceptors (Lipinski definition) is 3. The van der Waals surface area contributed by atoms with Gasteiger partial charge in [-0.05, 0) is 19.4 Å². The molecule has 12 heavy (non-hydrogen) atoms. The summed E-state index contributed by atoms with van der Waals surface area (Å²) in [6.45, 7) is 2.97. The first-order valence-electron chi connectivity index (χ1n) is 4.15. The molecule has 2 rings (SSSR count). The van der Waals surface area contributed by atoms with Crippen LogP contribution in [0.25, 0.3) is 0 Å². The van der Waals surface area contributed by atoms with Gasteiger partial charge in [-0.2, -0.15) is 0 Å². The Bertz CT molecular complexity index is 316. The van der Waals surface area contributed by atoms with Gasteiger partial charge < -0.3 is 5.32 Å². The fraction of sp³-hybridized carbons (Fsp3) is 0.444. The second-order valence-corrected chi connectivity index (χ2v) is 4.31. The molecular weight excluding hydrogens is 170 g/mol. The van der Waals surface area contributed by atoms with E-state index < -0.39 is 0 Å². The van der Waals surface area contributed by atoms with Gasteiger partial charge in [0.2, 0.25) is 0 Å². The lowest BCUT2D eigenvalue weighted by molar-refractivity contribution is 0.0984. The molecule has 2 heterocycles. The van der Waals surface area contributed by atoms with E-state index in [4.69, 9.17) is 0 Å². The van der Waals surface area contributed by atoms with Gasteiger partial charge in [-0.25, -0.2) is 0 Å². The van der Waals surface area contributed by atoms with Gasteiger partial charge in [-0.3, -0.25) is 4.79 Å². The minimum absolute atomic E-state index is 0.291. The summed E-state index contributed by atoms with van der Waals surface area (Å²) < 4.78 is 0. The Morgan fingerprint density at radius 2 is 2.42 bits per heavy atom. The molecule has 1 N–H and O–H groups in total. The first kappa shape index (κ1) is 7.80. The zero-order valence-corrected chi connectivity index (χ0v) is 7.83. The maximum atomic E-state index is 11.5. The molecular formula is C9H11NOS. The molecule has 0 spiro atoms. The lowest BCUT2D eigenvalue weighted by Gasteiger charge is -1.97. The van der Waals surface area contributed by atoms with Gasteiger partial charge in [-0.15, -0.1) is 11.3 Å². The summed E-state index contributed by atoms with van der Waals surface area (Å²) in [5, 5.41) is 4.34. The third-order valence-electron chi connectivity index (χ3n) is 2.02. The molecule has 2 nitrogen and oxygen atoms in total.